The molecule has 0 saturated heterocycles. The van der Waals surface area contributed by atoms with Crippen molar-refractivity contribution >= 4 is 32.8 Å². The molecule has 11 rings (SSSR count). The van der Waals surface area contributed by atoms with Crippen molar-refractivity contribution in [1.82, 2.24) is 14.1 Å². The number of hydrogen-bond acceptors (Lipinski definition) is 2. The van der Waals surface area contributed by atoms with Crippen LogP contribution in [-0.4, -0.2) is 14.1 Å². The molecule has 0 N–H and O–H groups in total. The molecule has 0 atom stereocenters. The number of aromatic nitrogens is 4. The van der Waals surface area contributed by atoms with E-state index in [2.05, 4.69) is 251 Å². The van der Waals surface area contributed by atoms with E-state index in [1.54, 1.807) is 0 Å². The zero-order chi connectivity index (χ0) is 49.0. The van der Waals surface area contributed by atoms with Crippen molar-refractivity contribution in [2.24, 2.45) is 5.92 Å². The van der Waals surface area contributed by atoms with Crippen LogP contribution in [0.15, 0.2) is 188 Å². The summed E-state index contributed by atoms with van der Waals surface area (Å²) in [6.45, 7) is 18.3. The van der Waals surface area contributed by atoms with Gasteiger partial charge in [-0.15, -0.1) is 29.7 Å². The summed E-state index contributed by atoms with van der Waals surface area (Å²) in [5.74, 6) is 2.53. The minimum Gasteiger partial charge on any atom is -0.510 e. The van der Waals surface area contributed by atoms with E-state index in [1.807, 2.05) is 24.4 Å². The maximum absolute atomic E-state index is 6.76. The van der Waals surface area contributed by atoms with E-state index in [4.69, 9.17) is 9.72 Å². The van der Waals surface area contributed by atoms with E-state index < -0.39 is 0 Å². The number of rotatable bonds is 10. The van der Waals surface area contributed by atoms with Crippen LogP contribution in [-0.2, 0) is 38.3 Å². The van der Waals surface area contributed by atoms with Gasteiger partial charge in [-0.05, 0) is 103 Å². The van der Waals surface area contributed by atoms with Crippen LogP contribution in [0.3, 0.4) is 0 Å². The molecule has 3 aromatic heterocycles. The Morgan fingerprint density at radius 2 is 1.21 bits per heavy atom. The zero-order valence-corrected chi connectivity index (χ0v) is 44.5. The topological polar surface area (TPSA) is 35.9 Å². The van der Waals surface area contributed by atoms with Crippen molar-refractivity contribution in [3.05, 3.63) is 223 Å². The molecule has 0 aliphatic carbocycles. The van der Waals surface area contributed by atoms with Crippen LogP contribution in [0.1, 0.15) is 72.1 Å². The maximum atomic E-state index is 6.76. The molecule has 360 valence electrons. The van der Waals surface area contributed by atoms with E-state index in [-0.39, 0.29) is 31.9 Å². The van der Waals surface area contributed by atoms with Crippen LogP contribution in [0, 0.1) is 24.4 Å². The van der Waals surface area contributed by atoms with E-state index in [1.165, 1.54) is 27.8 Å². The molecule has 0 radical (unpaired) electrons. The third-order valence-electron chi connectivity index (χ3n) is 13.5. The number of imidazole rings is 1. The van der Waals surface area contributed by atoms with E-state index in [0.29, 0.717) is 17.4 Å². The van der Waals surface area contributed by atoms with Gasteiger partial charge >= 0.3 is 0 Å². The Morgan fingerprint density at radius 3 is 1.92 bits per heavy atom. The smallest absolute Gasteiger partial charge is 0.268 e. The first-order chi connectivity index (χ1) is 34.3. The second kappa shape index (κ2) is 19.4. The standard InChI is InChI=1S/C66H58N4O.Pt/c1-44(2)35-45-33-34-67-63(36-45)70-59-32-29-48(46-19-11-9-12-20-46)39-58(59)57-31-30-54(42-62(57)70)71-53-24-17-23-52(41-53)68-43-69(61-28-16-15-27-60(61)68)64-55(47-21-13-10-14-22-47)25-18-26-56(64)49-37-50(65(3,4)5)40-51(38-49)66(6,7)8;/h9-34,36-40,44H,35H2,1-8H3;/q-2;. The van der Waals surface area contributed by atoms with Crippen LogP contribution in [0.4, 0.5) is 0 Å². The summed E-state index contributed by atoms with van der Waals surface area (Å²) in [4.78, 5) is 4.94. The van der Waals surface area contributed by atoms with Gasteiger partial charge in [0.05, 0.1) is 16.7 Å². The summed E-state index contributed by atoms with van der Waals surface area (Å²) >= 11 is 0. The van der Waals surface area contributed by atoms with E-state index in [9.17, 15) is 0 Å². The Bertz CT molecular complexity index is 3730. The van der Waals surface area contributed by atoms with Gasteiger partial charge in [0.15, 0.2) is 0 Å². The second-order valence-electron chi connectivity index (χ2n) is 21.3. The van der Waals surface area contributed by atoms with Crippen molar-refractivity contribution in [3.63, 3.8) is 0 Å². The molecule has 0 bridgehead atoms. The normalized spacial score (nSPS) is 12.0. The Hall–Kier alpha value is -7.33. The van der Waals surface area contributed by atoms with Crippen molar-refractivity contribution < 1.29 is 30.4 Å². The number of ether oxygens (including phenoxy) is 1. The molecule has 0 aliphatic rings. The van der Waals surface area contributed by atoms with Crippen LogP contribution in [0.25, 0.3) is 83.4 Å². The average molecular weight is 1120 g/mol. The molecule has 0 amide bonds. The summed E-state index contributed by atoms with van der Waals surface area (Å²) in [6, 6.07) is 72.1. The van der Waals surface area contributed by atoms with Gasteiger partial charge in [0.25, 0.3) is 6.33 Å². The number of nitrogens with zero attached hydrogens (tertiary/aromatic N) is 4. The van der Waals surface area contributed by atoms with Crippen molar-refractivity contribution in [2.45, 2.75) is 72.6 Å². The first kappa shape index (κ1) is 48.3. The van der Waals surface area contributed by atoms with Gasteiger partial charge in [0.2, 0.25) is 0 Å². The second-order valence-corrected chi connectivity index (χ2v) is 21.3. The maximum Gasteiger partial charge on any atom is 0.268 e. The quantitative estimate of drug-likeness (QED) is 0.101. The summed E-state index contributed by atoms with van der Waals surface area (Å²) < 4.78 is 13.3. The molecule has 3 heterocycles. The molecule has 0 unspecified atom stereocenters. The predicted octanol–water partition coefficient (Wildman–Crippen LogP) is 16.4. The molecule has 72 heavy (non-hydrogen) atoms. The Labute approximate surface area is 438 Å². The minimum absolute atomic E-state index is 0. The van der Waals surface area contributed by atoms with Gasteiger partial charge in [0, 0.05) is 44.3 Å². The molecular formula is C66H58N4OPt-2. The fraction of sp³-hybridized carbons (Fsp3) is 0.182. The summed E-state index contributed by atoms with van der Waals surface area (Å²) in [7, 11) is 0. The number of fused-ring (bicyclic) bond motifs is 4. The minimum atomic E-state index is -0.0453. The Balaban J connectivity index is 0.00000596. The Morgan fingerprint density at radius 1 is 0.556 bits per heavy atom. The fourth-order valence-electron chi connectivity index (χ4n) is 9.88. The summed E-state index contributed by atoms with van der Waals surface area (Å²) in [6.07, 6.45) is 6.74. The van der Waals surface area contributed by atoms with Gasteiger partial charge in [-0.2, -0.15) is 18.2 Å². The SMILES string of the molecule is CC(C)Cc1ccnc(-n2c3[c-]c(Oc4[c-]c(-n5[c-][n+](-c6c(-c7ccccc7)cccc6-c6cc(C(C)(C)C)cc(C(C)(C)C)c6)c6ccccc65)ccc4)ccc3c3cc(-c4ccccc4)ccc32)c1.[Pt]. The van der Waals surface area contributed by atoms with E-state index >= 15 is 0 Å². The van der Waals surface area contributed by atoms with Crippen LogP contribution < -0.4 is 9.30 Å². The molecular weight excluding hydrogens is 1060 g/mol. The monoisotopic (exact) mass is 1120 g/mol. The van der Waals surface area contributed by atoms with Crippen molar-refractivity contribution in [3.8, 4) is 62.1 Å². The molecule has 8 aromatic carbocycles. The Kier molecular flexibility index (Phi) is 13.0. The molecule has 0 aliphatic heterocycles. The zero-order valence-electron chi connectivity index (χ0n) is 42.2. The molecule has 6 heteroatoms. The molecule has 0 fully saturated rings. The predicted molar refractivity (Wildman–Crippen MR) is 292 cm³/mol. The van der Waals surface area contributed by atoms with Gasteiger partial charge in [-0.3, -0.25) is 4.57 Å². The van der Waals surface area contributed by atoms with Gasteiger partial charge in [-0.1, -0.05) is 194 Å². The number of hydrogen-bond donors (Lipinski definition) is 0. The molecule has 11 aromatic rings. The van der Waals surface area contributed by atoms with Gasteiger partial charge in [-0.25, -0.2) is 4.98 Å². The van der Waals surface area contributed by atoms with E-state index in [0.717, 1.165) is 78.7 Å². The largest absolute Gasteiger partial charge is 0.510 e. The molecule has 0 saturated carbocycles. The molecule has 0 spiro atoms. The summed E-state index contributed by atoms with van der Waals surface area (Å²) in [5, 5.41) is 2.21. The number of pyridine rings is 1. The van der Waals surface area contributed by atoms with Crippen molar-refractivity contribution in [2.75, 3.05) is 0 Å². The van der Waals surface area contributed by atoms with Gasteiger partial charge in [0.1, 0.15) is 5.82 Å². The van der Waals surface area contributed by atoms with Crippen LogP contribution >= 0.6 is 0 Å². The first-order valence-corrected chi connectivity index (χ1v) is 24.8. The van der Waals surface area contributed by atoms with Crippen molar-refractivity contribution in [1.29, 1.82) is 0 Å². The van der Waals surface area contributed by atoms with Gasteiger partial charge < -0.3 is 13.9 Å². The third kappa shape index (κ3) is 9.35. The first-order valence-electron chi connectivity index (χ1n) is 24.8. The summed E-state index contributed by atoms with van der Waals surface area (Å²) in [5.41, 5.74) is 16.5. The molecule has 5 nitrogen and oxygen atoms in total. The average Bonchev–Trinajstić information content (AvgIpc) is 3.91. The fourth-order valence-corrected chi connectivity index (χ4v) is 9.88. The van der Waals surface area contributed by atoms with Crippen LogP contribution in [0.5, 0.6) is 11.5 Å². The number of para-hydroxylation sites is 3. The number of benzene rings is 8. The van der Waals surface area contributed by atoms with Crippen LogP contribution in [0.2, 0.25) is 0 Å². The third-order valence-corrected chi connectivity index (χ3v) is 13.5.